The molecule has 12 heteroatoms. The molecule has 0 aliphatic heterocycles. The molecule has 0 saturated heterocycles. The fourth-order valence-corrected chi connectivity index (χ4v) is 2.96. The number of aromatic amines is 2. The van der Waals surface area contributed by atoms with Gasteiger partial charge in [-0.25, -0.2) is 4.79 Å². The second-order valence-corrected chi connectivity index (χ2v) is 6.57. The van der Waals surface area contributed by atoms with Crippen LogP contribution in [0.3, 0.4) is 0 Å². The van der Waals surface area contributed by atoms with E-state index < -0.39 is 26.8 Å². The fourth-order valence-electron chi connectivity index (χ4n) is 2.96. The molecule has 12 nitrogen and oxygen atoms in total. The molecule has 0 fully saturated rings. The predicted octanol–water partition coefficient (Wildman–Crippen LogP) is 3.03. The summed E-state index contributed by atoms with van der Waals surface area (Å²) in [6, 6.07) is 11.0. The Bertz CT molecular complexity index is 1340. The summed E-state index contributed by atoms with van der Waals surface area (Å²) in [5, 5.41) is 22.3. The van der Waals surface area contributed by atoms with Gasteiger partial charge in [-0.3, -0.25) is 30.0 Å². The van der Waals surface area contributed by atoms with Crippen LogP contribution in [0.5, 0.6) is 11.5 Å². The fraction of sp³-hybridized carbons (Fsp3) is 0.143. The number of nitrogens with zero attached hydrogens (tertiary/aromatic N) is 2. The van der Waals surface area contributed by atoms with Crippen LogP contribution in [0.25, 0.3) is 12.2 Å². The lowest BCUT2D eigenvalue weighted by molar-refractivity contribution is -0.386. The van der Waals surface area contributed by atoms with E-state index in [4.69, 9.17) is 9.47 Å². The van der Waals surface area contributed by atoms with E-state index in [0.717, 1.165) is 0 Å². The summed E-state index contributed by atoms with van der Waals surface area (Å²) in [5.41, 5.74) is -2.19. The predicted molar refractivity (Wildman–Crippen MR) is 118 cm³/mol. The molecule has 33 heavy (non-hydrogen) atoms. The normalized spacial score (nSPS) is 10.8. The minimum absolute atomic E-state index is 0.0629. The van der Waals surface area contributed by atoms with Crippen LogP contribution in [-0.2, 0) is 6.61 Å². The Morgan fingerprint density at radius 2 is 1.70 bits per heavy atom. The second-order valence-electron chi connectivity index (χ2n) is 6.57. The summed E-state index contributed by atoms with van der Waals surface area (Å²) in [5.74, 6) is 0.676. The van der Waals surface area contributed by atoms with Gasteiger partial charge in [0.1, 0.15) is 12.3 Å². The van der Waals surface area contributed by atoms with Crippen LogP contribution in [-0.4, -0.2) is 26.4 Å². The van der Waals surface area contributed by atoms with Crippen molar-refractivity contribution in [3.8, 4) is 11.5 Å². The maximum absolute atomic E-state index is 11.7. The van der Waals surface area contributed by atoms with Gasteiger partial charge >= 0.3 is 16.9 Å². The molecule has 1 heterocycles. The van der Waals surface area contributed by atoms with Crippen molar-refractivity contribution in [1.29, 1.82) is 0 Å². The van der Waals surface area contributed by atoms with E-state index in [0.29, 0.717) is 29.2 Å². The largest absolute Gasteiger partial charge is 0.490 e. The molecule has 0 amide bonds. The Balaban J connectivity index is 1.88. The van der Waals surface area contributed by atoms with Crippen molar-refractivity contribution in [2.24, 2.45) is 0 Å². The van der Waals surface area contributed by atoms with Crippen LogP contribution >= 0.6 is 0 Å². The molecule has 170 valence electrons. The number of hydrogen-bond donors (Lipinski definition) is 2. The molecular weight excluding hydrogens is 436 g/mol. The Morgan fingerprint density at radius 3 is 2.39 bits per heavy atom. The first-order valence-corrected chi connectivity index (χ1v) is 9.61. The summed E-state index contributed by atoms with van der Waals surface area (Å²) >= 11 is 0. The molecule has 0 aliphatic carbocycles. The average molecular weight is 454 g/mol. The average Bonchev–Trinajstić information content (AvgIpc) is 2.76. The lowest BCUT2D eigenvalue weighted by atomic mass is 10.1. The minimum atomic E-state index is -1.11. The molecule has 0 saturated carbocycles. The number of hydrogen-bond acceptors (Lipinski definition) is 8. The number of aromatic nitrogens is 2. The van der Waals surface area contributed by atoms with E-state index in [2.05, 4.69) is 4.98 Å². The number of rotatable bonds is 9. The molecule has 2 N–H and O–H groups in total. The maximum atomic E-state index is 11.7. The lowest BCUT2D eigenvalue weighted by Crippen LogP contribution is -2.25. The van der Waals surface area contributed by atoms with Crippen molar-refractivity contribution in [2.45, 2.75) is 13.5 Å². The molecule has 0 bridgehead atoms. The van der Waals surface area contributed by atoms with Gasteiger partial charge < -0.3 is 14.5 Å². The van der Waals surface area contributed by atoms with Gasteiger partial charge in [0.05, 0.1) is 22.0 Å². The zero-order chi connectivity index (χ0) is 24.0. The van der Waals surface area contributed by atoms with E-state index >= 15 is 0 Å². The monoisotopic (exact) mass is 454 g/mol. The van der Waals surface area contributed by atoms with Crippen LogP contribution in [0.1, 0.15) is 23.7 Å². The second kappa shape index (κ2) is 10.0. The summed E-state index contributed by atoms with van der Waals surface area (Å²) in [6.07, 6.45) is 2.68. The Morgan fingerprint density at radius 1 is 0.939 bits per heavy atom. The highest BCUT2D eigenvalue weighted by Gasteiger charge is 2.19. The number of nitro benzene ring substituents is 1. The Hall–Kier alpha value is -4.74. The summed E-state index contributed by atoms with van der Waals surface area (Å²) in [6.45, 7) is 2.01. The highest BCUT2D eigenvalue weighted by Crippen LogP contribution is 2.31. The summed E-state index contributed by atoms with van der Waals surface area (Å²) < 4.78 is 11.3. The van der Waals surface area contributed by atoms with Gasteiger partial charge in [-0.2, -0.15) is 0 Å². The molecule has 0 atom stereocenters. The zero-order valence-electron chi connectivity index (χ0n) is 17.3. The first-order valence-electron chi connectivity index (χ1n) is 9.61. The number of nitro groups is 2. The molecule has 0 radical (unpaired) electrons. The van der Waals surface area contributed by atoms with Gasteiger partial charge in [0.15, 0.2) is 11.5 Å². The third-order valence-electron chi connectivity index (χ3n) is 4.41. The van der Waals surface area contributed by atoms with Crippen molar-refractivity contribution >= 4 is 23.5 Å². The Labute approximate surface area is 185 Å². The van der Waals surface area contributed by atoms with Crippen LogP contribution in [0, 0.1) is 20.2 Å². The van der Waals surface area contributed by atoms with Crippen LogP contribution in [0.15, 0.2) is 52.1 Å². The molecule has 2 aromatic carbocycles. The van der Waals surface area contributed by atoms with E-state index in [1.54, 1.807) is 43.3 Å². The molecular formula is C21H18N4O8. The van der Waals surface area contributed by atoms with Crippen molar-refractivity contribution in [1.82, 2.24) is 9.97 Å². The molecule has 0 unspecified atom stereocenters. The third kappa shape index (κ3) is 5.50. The number of H-pyrrole nitrogens is 2. The van der Waals surface area contributed by atoms with Crippen LogP contribution < -0.4 is 20.7 Å². The van der Waals surface area contributed by atoms with E-state index in [9.17, 15) is 29.8 Å². The SMILES string of the molecule is CCOc1cc(/C=C\c2[nH]c(=O)[nH]c(=O)c2[N+](=O)[O-])ccc1OCc1ccccc1[N+](=O)[O-]. The van der Waals surface area contributed by atoms with E-state index in [1.807, 2.05) is 4.98 Å². The van der Waals surface area contributed by atoms with Gasteiger partial charge in [-0.15, -0.1) is 0 Å². The van der Waals surface area contributed by atoms with Crippen molar-refractivity contribution < 1.29 is 19.3 Å². The van der Waals surface area contributed by atoms with Gasteiger partial charge in [0.25, 0.3) is 5.69 Å². The molecule has 1 aromatic heterocycles. The highest BCUT2D eigenvalue weighted by atomic mass is 16.6. The van der Waals surface area contributed by atoms with Crippen molar-refractivity contribution in [3.63, 3.8) is 0 Å². The topological polar surface area (TPSA) is 170 Å². The van der Waals surface area contributed by atoms with Crippen molar-refractivity contribution in [2.75, 3.05) is 6.61 Å². The first kappa shape index (κ1) is 22.9. The molecule has 3 aromatic rings. The van der Waals surface area contributed by atoms with E-state index in [-0.39, 0.29) is 18.0 Å². The van der Waals surface area contributed by atoms with Gasteiger partial charge in [-0.1, -0.05) is 24.3 Å². The minimum Gasteiger partial charge on any atom is -0.490 e. The summed E-state index contributed by atoms with van der Waals surface area (Å²) in [7, 11) is 0. The number of para-hydroxylation sites is 1. The number of nitrogens with one attached hydrogen (secondary N) is 2. The number of benzene rings is 2. The van der Waals surface area contributed by atoms with Gasteiger partial charge in [0, 0.05) is 6.07 Å². The zero-order valence-corrected chi connectivity index (χ0v) is 17.3. The standard InChI is InChI=1S/C21H18N4O8/c1-2-32-18-11-13(7-9-15-19(25(30)31)20(26)23-21(27)22-15)8-10-17(18)33-12-14-5-3-4-6-16(14)24(28)29/h3-11H,2,12H2,1H3,(H2,22,23,26,27)/b9-7-. The van der Waals surface area contributed by atoms with Crippen LogP contribution in [0.2, 0.25) is 0 Å². The van der Waals surface area contributed by atoms with Gasteiger partial charge in [-0.05, 0) is 36.8 Å². The van der Waals surface area contributed by atoms with Gasteiger partial charge in [0.2, 0.25) is 0 Å². The quantitative estimate of drug-likeness (QED) is 0.367. The lowest BCUT2D eigenvalue weighted by Gasteiger charge is -2.13. The summed E-state index contributed by atoms with van der Waals surface area (Å²) in [4.78, 5) is 48.2. The van der Waals surface area contributed by atoms with Crippen molar-refractivity contribution in [3.05, 3.63) is 100 Å². The molecule has 0 spiro atoms. The van der Waals surface area contributed by atoms with E-state index in [1.165, 1.54) is 18.2 Å². The van der Waals surface area contributed by atoms with Crippen LogP contribution in [0.4, 0.5) is 11.4 Å². The smallest absolute Gasteiger partial charge is 0.357 e. The number of ether oxygens (including phenoxy) is 2. The third-order valence-corrected chi connectivity index (χ3v) is 4.41. The highest BCUT2D eigenvalue weighted by molar-refractivity contribution is 5.72. The molecule has 0 aliphatic rings. The first-order chi connectivity index (χ1) is 15.8. The molecule has 3 rings (SSSR count). The Kier molecular flexibility index (Phi) is 6.98. The maximum Gasteiger partial charge on any atom is 0.357 e.